The second kappa shape index (κ2) is 4.32. The Morgan fingerprint density at radius 3 is 2.41 bits per heavy atom. The van der Waals surface area contributed by atoms with Gasteiger partial charge < -0.3 is 4.74 Å². The van der Waals surface area contributed by atoms with Crippen molar-refractivity contribution in [1.29, 1.82) is 0 Å². The van der Waals surface area contributed by atoms with Gasteiger partial charge in [-0.2, -0.15) is 0 Å². The van der Waals surface area contributed by atoms with E-state index in [9.17, 15) is 8.78 Å². The summed E-state index contributed by atoms with van der Waals surface area (Å²) in [5.41, 5.74) is 0.761. The fourth-order valence-corrected chi connectivity index (χ4v) is 1.97. The normalized spacial score (nSPS) is 11.2. The van der Waals surface area contributed by atoms with Crippen LogP contribution in [0, 0.1) is 11.6 Å². The van der Waals surface area contributed by atoms with Gasteiger partial charge in [-0.25, -0.2) is 8.78 Å². The summed E-state index contributed by atoms with van der Waals surface area (Å²) in [6, 6.07) is 6.18. The van der Waals surface area contributed by atoms with Gasteiger partial charge in [0.1, 0.15) is 5.75 Å². The summed E-state index contributed by atoms with van der Waals surface area (Å²) in [4.78, 5) is 0. The second-order valence-electron chi connectivity index (χ2n) is 4.33. The highest BCUT2D eigenvalue weighted by atomic mass is 19.2. The van der Waals surface area contributed by atoms with Crippen molar-refractivity contribution in [3.05, 3.63) is 41.5 Å². The molecule has 0 saturated carbocycles. The number of halogens is 2. The first-order valence-electron chi connectivity index (χ1n) is 5.50. The van der Waals surface area contributed by atoms with E-state index in [1.165, 1.54) is 0 Å². The van der Waals surface area contributed by atoms with E-state index < -0.39 is 11.6 Å². The molecule has 17 heavy (non-hydrogen) atoms. The van der Waals surface area contributed by atoms with Gasteiger partial charge in [0.15, 0.2) is 11.6 Å². The van der Waals surface area contributed by atoms with E-state index in [0.717, 1.165) is 11.6 Å². The number of hydrogen-bond donors (Lipinski definition) is 0. The van der Waals surface area contributed by atoms with Crippen molar-refractivity contribution in [2.24, 2.45) is 0 Å². The zero-order valence-electron chi connectivity index (χ0n) is 10.1. The summed E-state index contributed by atoms with van der Waals surface area (Å²) in [6.07, 6.45) is 0. The Morgan fingerprint density at radius 2 is 1.82 bits per heavy atom. The van der Waals surface area contributed by atoms with Crippen molar-refractivity contribution in [2.45, 2.75) is 19.8 Å². The first-order chi connectivity index (χ1) is 8.04. The van der Waals surface area contributed by atoms with E-state index in [1.807, 2.05) is 13.8 Å². The standard InChI is InChI=1S/C14H14F2O/c1-8(2)11-7-10(17-3)6-9-4-5-12(15)14(16)13(9)11/h4-8H,1-3H3. The van der Waals surface area contributed by atoms with Crippen molar-refractivity contribution >= 4 is 10.8 Å². The predicted octanol–water partition coefficient (Wildman–Crippen LogP) is 4.25. The first kappa shape index (κ1) is 11.8. The third kappa shape index (κ3) is 1.97. The van der Waals surface area contributed by atoms with Crippen LogP contribution < -0.4 is 4.74 Å². The minimum Gasteiger partial charge on any atom is -0.497 e. The average Bonchev–Trinajstić information content (AvgIpc) is 2.32. The van der Waals surface area contributed by atoms with Gasteiger partial charge in [-0.1, -0.05) is 19.9 Å². The number of benzene rings is 2. The molecule has 3 heteroatoms. The fraction of sp³-hybridized carbons (Fsp3) is 0.286. The largest absolute Gasteiger partial charge is 0.497 e. The molecule has 2 aromatic rings. The Morgan fingerprint density at radius 1 is 1.12 bits per heavy atom. The van der Waals surface area contributed by atoms with Crippen LogP contribution in [0.25, 0.3) is 10.8 Å². The summed E-state index contributed by atoms with van der Waals surface area (Å²) in [5, 5.41) is 1.01. The SMILES string of the molecule is COc1cc(C(C)C)c2c(F)c(F)ccc2c1. The van der Waals surface area contributed by atoms with Crippen molar-refractivity contribution in [1.82, 2.24) is 0 Å². The van der Waals surface area contributed by atoms with Crippen LogP contribution in [0.3, 0.4) is 0 Å². The molecule has 0 aliphatic carbocycles. The average molecular weight is 236 g/mol. The summed E-state index contributed by atoms with van der Waals surface area (Å²) in [6.45, 7) is 3.89. The molecule has 0 aromatic heterocycles. The molecule has 0 heterocycles. The Labute approximate surface area is 99.0 Å². The van der Waals surface area contributed by atoms with E-state index in [1.54, 1.807) is 25.3 Å². The number of fused-ring (bicyclic) bond motifs is 1. The van der Waals surface area contributed by atoms with Gasteiger partial charge in [0, 0.05) is 5.39 Å². The molecule has 0 bridgehead atoms. The molecule has 0 radical (unpaired) electrons. The maximum Gasteiger partial charge on any atom is 0.166 e. The topological polar surface area (TPSA) is 9.23 Å². The Hall–Kier alpha value is -1.64. The molecule has 0 saturated heterocycles. The third-order valence-electron chi connectivity index (χ3n) is 2.87. The molecule has 2 rings (SSSR count). The number of hydrogen-bond acceptors (Lipinski definition) is 1. The lowest BCUT2D eigenvalue weighted by molar-refractivity contribution is 0.414. The number of rotatable bonds is 2. The third-order valence-corrected chi connectivity index (χ3v) is 2.87. The molecule has 0 fully saturated rings. The highest BCUT2D eigenvalue weighted by Gasteiger charge is 2.14. The monoisotopic (exact) mass is 236 g/mol. The van der Waals surface area contributed by atoms with Gasteiger partial charge in [-0.3, -0.25) is 0 Å². The molecular formula is C14H14F2O. The second-order valence-corrected chi connectivity index (χ2v) is 4.33. The van der Waals surface area contributed by atoms with E-state index in [0.29, 0.717) is 16.5 Å². The van der Waals surface area contributed by atoms with Gasteiger partial charge in [0.05, 0.1) is 7.11 Å². The van der Waals surface area contributed by atoms with Gasteiger partial charge in [0.2, 0.25) is 0 Å². The van der Waals surface area contributed by atoms with Crippen molar-refractivity contribution in [2.75, 3.05) is 7.11 Å². The van der Waals surface area contributed by atoms with Crippen LogP contribution in [0.2, 0.25) is 0 Å². The Balaban J connectivity index is 2.87. The van der Waals surface area contributed by atoms with E-state index in [4.69, 9.17) is 4.74 Å². The fourth-order valence-electron chi connectivity index (χ4n) is 1.97. The number of ether oxygens (including phenoxy) is 1. The van der Waals surface area contributed by atoms with Gasteiger partial charge in [-0.15, -0.1) is 0 Å². The van der Waals surface area contributed by atoms with Crippen LogP contribution in [0.5, 0.6) is 5.75 Å². The molecule has 0 atom stereocenters. The van der Waals surface area contributed by atoms with Crippen LogP contribution in [-0.4, -0.2) is 7.11 Å². The molecule has 0 spiro atoms. The van der Waals surface area contributed by atoms with Gasteiger partial charge in [-0.05, 0) is 35.1 Å². The Bertz CT molecular complexity index is 562. The maximum absolute atomic E-state index is 13.8. The predicted molar refractivity (Wildman–Crippen MR) is 64.5 cm³/mol. The van der Waals surface area contributed by atoms with Crippen LogP contribution in [0.4, 0.5) is 8.78 Å². The molecule has 2 aromatic carbocycles. The quantitative estimate of drug-likeness (QED) is 0.757. The van der Waals surface area contributed by atoms with Gasteiger partial charge in [0.25, 0.3) is 0 Å². The highest BCUT2D eigenvalue weighted by molar-refractivity contribution is 5.88. The molecule has 1 nitrogen and oxygen atoms in total. The Kier molecular flexibility index (Phi) is 3.01. The van der Waals surface area contributed by atoms with E-state index in [2.05, 4.69) is 0 Å². The van der Waals surface area contributed by atoms with Gasteiger partial charge >= 0.3 is 0 Å². The van der Waals surface area contributed by atoms with Crippen LogP contribution in [-0.2, 0) is 0 Å². The van der Waals surface area contributed by atoms with E-state index in [-0.39, 0.29) is 5.92 Å². The van der Waals surface area contributed by atoms with Crippen molar-refractivity contribution < 1.29 is 13.5 Å². The summed E-state index contributed by atoms with van der Waals surface area (Å²) in [7, 11) is 1.56. The zero-order valence-corrected chi connectivity index (χ0v) is 10.1. The molecular weight excluding hydrogens is 222 g/mol. The summed E-state index contributed by atoms with van der Waals surface area (Å²) < 4.78 is 32.3. The lowest BCUT2D eigenvalue weighted by Crippen LogP contribution is -1.96. The minimum absolute atomic E-state index is 0.101. The minimum atomic E-state index is -0.815. The number of methoxy groups -OCH3 is 1. The van der Waals surface area contributed by atoms with Crippen molar-refractivity contribution in [3.63, 3.8) is 0 Å². The van der Waals surface area contributed by atoms with Crippen LogP contribution in [0.1, 0.15) is 25.3 Å². The van der Waals surface area contributed by atoms with Crippen LogP contribution in [0.15, 0.2) is 24.3 Å². The highest BCUT2D eigenvalue weighted by Crippen LogP contribution is 2.32. The van der Waals surface area contributed by atoms with Crippen molar-refractivity contribution in [3.8, 4) is 5.75 Å². The first-order valence-corrected chi connectivity index (χ1v) is 5.50. The summed E-state index contributed by atoms with van der Waals surface area (Å²) in [5.74, 6) is -0.838. The summed E-state index contributed by atoms with van der Waals surface area (Å²) >= 11 is 0. The lowest BCUT2D eigenvalue weighted by atomic mass is 9.95. The van der Waals surface area contributed by atoms with Crippen LogP contribution >= 0.6 is 0 Å². The molecule has 0 aliphatic heterocycles. The lowest BCUT2D eigenvalue weighted by Gasteiger charge is -2.13. The molecule has 0 aliphatic rings. The molecule has 0 N–H and O–H groups in total. The smallest absolute Gasteiger partial charge is 0.166 e. The maximum atomic E-state index is 13.8. The molecule has 0 amide bonds. The molecule has 90 valence electrons. The van der Waals surface area contributed by atoms with E-state index >= 15 is 0 Å². The molecule has 0 unspecified atom stereocenters. The zero-order chi connectivity index (χ0) is 12.6.